The lowest BCUT2D eigenvalue weighted by molar-refractivity contribution is -0.136. The fraction of sp³-hybridized carbons (Fsp3) is 0.300. The molecular weight excluding hydrogens is 332 g/mol. The molecule has 0 saturated heterocycles. The largest absolute Gasteiger partial charge is 0.466 e. The second kappa shape index (κ2) is 7.47. The Morgan fingerprint density at radius 1 is 1.38 bits per heavy atom. The van der Waals surface area contributed by atoms with E-state index in [4.69, 9.17) is 9.47 Å². The lowest BCUT2D eigenvalue weighted by Gasteiger charge is -2.35. The summed E-state index contributed by atoms with van der Waals surface area (Å²) < 4.78 is 9.99. The zero-order valence-corrected chi connectivity index (χ0v) is 14.8. The van der Waals surface area contributed by atoms with Gasteiger partial charge in [-0.2, -0.15) is 0 Å². The number of hydrogen-bond acceptors (Lipinski definition) is 4. The molecule has 6 heteroatoms. The normalized spacial score (nSPS) is 16.0. The van der Waals surface area contributed by atoms with Crippen molar-refractivity contribution in [3.8, 4) is 0 Å². The number of aromatic nitrogens is 1. The second-order valence-electron chi connectivity index (χ2n) is 6.19. The van der Waals surface area contributed by atoms with Gasteiger partial charge in [-0.3, -0.25) is 4.90 Å². The summed E-state index contributed by atoms with van der Waals surface area (Å²) in [5, 5.41) is 1.13. The number of aromatic amines is 1. The summed E-state index contributed by atoms with van der Waals surface area (Å²) in [7, 11) is 1.32. The van der Waals surface area contributed by atoms with Crippen LogP contribution in [0.1, 0.15) is 23.7 Å². The first kappa shape index (κ1) is 17.8. The molecule has 0 spiro atoms. The molecule has 0 fully saturated rings. The second-order valence-corrected chi connectivity index (χ2v) is 6.19. The minimum atomic E-state index is -0.479. The first-order valence-electron chi connectivity index (χ1n) is 8.46. The first-order valence-corrected chi connectivity index (χ1v) is 8.46. The van der Waals surface area contributed by atoms with Crippen LogP contribution >= 0.6 is 0 Å². The zero-order valence-electron chi connectivity index (χ0n) is 14.8. The van der Waals surface area contributed by atoms with Crippen molar-refractivity contribution in [3.05, 3.63) is 60.3 Å². The molecule has 1 amide bonds. The maximum Gasteiger partial charge on any atom is 0.410 e. The Kier molecular flexibility index (Phi) is 5.11. The van der Waals surface area contributed by atoms with Gasteiger partial charge in [0.2, 0.25) is 0 Å². The van der Waals surface area contributed by atoms with E-state index in [1.807, 2.05) is 18.2 Å². The molecule has 136 valence electrons. The van der Waals surface area contributed by atoms with Gasteiger partial charge >= 0.3 is 12.1 Å². The molecule has 2 aromatic rings. The fourth-order valence-corrected chi connectivity index (χ4v) is 3.42. The summed E-state index contributed by atoms with van der Waals surface area (Å²) in [6.07, 6.45) is 2.08. The SMILES string of the molecule is C=CCOC(=O)N1CCc2c([nH]c3ccccc23)C1CC(=C)C(=O)OC. The summed E-state index contributed by atoms with van der Waals surface area (Å²) in [5.41, 5.74) is 3.40. The van der Waals surface area contributed by atoms with Gasteiger partial charge in [-0.1, -0.05) is 37.4 Å². The van der Waals surface area contributed by atoms with Crippen LogP contribution in [0, 0.1) is 0 Å². The zero-order chi connectivity index (χ0) is 18.7. The third kappa shape index (κ3) is 3.22. The summed E-state index contributed by atoms with van der Waals surface area (Å²) in [5.74, 6) is -0.479. The standard InChI is InChI=1S/C20H22N2O4/c1-4-11-26-20(24)22-10-9-15-14-7-5-6-8-16(14)21-18(15)17(22)12-13(2)19(23)25-3/h4-8,17,21H,1-2,9-12H2,3H3. The van der Waals surface area contributed by atoms with Crippen LogP contribution < -0.4 is 0 Å². The van der Waals surface area contributed by atoms with Gasteiger partial charge in [0.15, 0.2) is 0 Å². The predicted octanol–water partition coefficient (Wildman–Crippen LogP) is 3.51. The van der Waals surface area contributed by atoms with E-state index < -0.39 is 12.1 Å². The number of esters is 1. The fourth-order valence-electron chi connectivity index (χ4n) is 3.42. The Hall–Kier alpha value is -3.02. The highest BCUT2D eigenvalue weighted by atomic mass is 16.6. The number of amides is 1. The van der Waals surface area contributed by atoms with Crippen LogP contribution in [0.3, 0.4) is 0 Å². The molecule has 0 aliphatic carbocycles. The lowest BCUT2D eigenvalue weighted by Crippen LogP contribution is -2.41. The van der Waals surface area contributed by atoms with E-state index in [9.17, 15) is 9.59 Å². The van der Waals surface area contributed by atoms with Gasteiger partial charge in [-0.15, -0.1) is 0 Å². The Balaban J connectivity index is 1.99. The monoisotopic (exact) mass is 354 g/mol. The lowest BCUT2D eigenvalue weighted by atomic mass is 9.93. The maximum absolute atomic E-state index is 12.5. The molecule has 1 atom stereocenters. The average Bonchev–Trinajstić information content (AvgIpc) is 3.04. The highest BCUT2D eigenvalue weighted by Gasteiger charge is 2.35. The van der Waals surface area contributed by atoms with Crippen LogP contribution in [0.4, 0.5) is 4.79 Å². The van der Waals surface area contributed by atoms with Crippen molar-refractivity contribution in [2.75, 3.05) is 20.3 Å². The van der Waals surface area contributed by atoms with Gasteiger partial charge in [0.25, 0.3) is 0 Å². The number of carbonyl (C=O) groups is 2. The van der Waals surface area contributed by atoms with E-state index in [0.717, 1.165) is 22.2 Å². The third-order valence-corrected chi connectivity index (χ3v) is 4.63. The van der Waals surface area contributed by atoms with Gasteiger partial charge < -0.3 is 14.5 Å². The van der Waals surface area contributed by atoms with E-state index in [2.05, 4.69) is 24.2 Å². The Labute approximate surface area is 152 Å². The molecule has 1 aliphatic heterocycles. The van der Waals surface area contributed by atoms with Crippen LogP contribution in [0.15, 0.2) is 49.1 Å². The van der Waals surface area contributed by atoms with Crippen molar-refractivity contribution in [2.24, 2.45) is 0 Å². The number of hydrogen-bond donors (Lipinski definition) is 1. The average molecular weight is 354 g/mol. The molecule has 1 unspecified atom stereocenters. The van der Waals surface area contributed by atoms with Crippen LogP contribution in [0.5, 0.6) is 0 Å². The molecule has 0 radical (unpaired) electrons. The molecule has 1 aromatic heterocycles. The minimum absolute atomic E-state index is 0.138. The molecule has 0 bridgehead atoms. The number of fused-ring (bicyclic) bond motifs is 3. The molecule has 1 N–H and O–H groups in total. The molecule has 1 aromatic carbocycles. The van der Waals surface area contributed by atoms with Gasteiger partial charge in [-0.25, -0.2) is 9.59 Å². The first-order chi connectivity index (χ1) is 12.6. The molecule has 3 rings (SSSR count). The van der Waals surface area contributed by atoms with Crippen molar-refractivity contribution in [1.82, 2.24) is 9.88 Å². The molecule has 6 nitrogen and oxygen atoms in total. The van der Waals surface area contributed by atoms with Crippen molar-refractivity contribution < 1.29 is 19.1 Å². The van der Waals surface area contributed by atoms with Crippen LogP contribution in [0.25, 0.3) is 10.9 Å². The number of benzene rings is 1. The Bertz CT molecular complexity index is 868. The smallest absolute Gasteiger partial charge is 0.410 e. The quantitative estimate of drug-likeness (QED) is 0.507. The topological polar surface area (TPSA) is 71.6 Å². The molecule has 2 heterocycles. The number of methoxy groups -OCH3 is 1. The summed E-state index contributed by atoms with van der Waals surface area (Å²) in [6, 6.07) is 7.64. The van der Waals surface area contributed by atoms with E-state index in [1.165, 1.54) is 13.2 Å². The minimum Gasteiger partial charge on any atom is -0.466 e. The number of nitrogens with zero attached hydrogens (tertiary/aromatic N) is 1. The van der Waals surface area contributed by atoms with Gasteiger partial charge in [-0.05, 0) is 18.1 Å². The van der Waals surface area contributed by atoms with Gasteiger partial charge in [0, 0.05) is 35.1 Å². The van der Waals surface area contributed by atoms with E-state index in [1.54, 1.807) is 4.90 Å². The third-order valence-electron chi connectivity index (χ3n) is 4.63. The van der Waals surface area contributed by atoms with Crippen LogP contribution in [-0.2, 0) is 20.7 Å². The number of para-hydroxylation sites is 1. The summed E-state index contributed by atoms with van der Waals surface area (Å²) >= 11 is 0. The molecule has 26 heavy (non-hydrogen) atoms. The van der Waals surface area contributed by atoms with Crippen LogP contribution in [0.2, 0.25) is 0 Å². The van der Waals surface area contributed by atoms with Crippen molar-refractivity contribution in [1.29, 1.82) is 0 Å². The van der Waals surface area contributed by atoms with Crippen molar-refractivity contribution in [2.45, 2.75) is 18.9 Å². The number of nitrogens with one attached hydrogen (secondary N) is 1. The number of ether oxygens (including phenoxy) is 2. The Morgan fingerprint density at radius 3 is 2.88 bits per heavy atom. The number of H-pyrrole nitrogens is 1. The number of carbonyl (C=O) groups excluding carboxylic acids is 2. The van der Waals surface area contributed by atoms with Crippen LogP contribution in [-0.4, -0.2) is 42.2 Å². The number of rotatable bonds is 5. The molecule has 1 aliphatic rings. The van der Waals surface area contributed by atoms with E-state index in [0.29, 0.717) is 18.5 Å². The molecule has 0 saturated carbocycles. The maximum atomic E-state index is 12.5. The van der Waals surface area contributed by atoms with E-state index >= 15 is 0 Å². The van der Waals surface area contributed by atoms with E-state index in [-0.39, 0.29) is 19.1 Å². The highest BCUT2D eigenvalue weighted by Crippen LogP contribution is 2.38. The molecular formula is C20H22N2O4. The van der Waals surface area contributed by atoms with Gasteiger partial charge in [0.1, 0.15) is 6.61 Å². The van der Waals surface area contributed by atoms with Gasteiger partial charge in [0.05, 0.1) is 13.2 Å². The van der Waals surface area contributed by atoms with Crippen molar-refractivity contribution >= 4 is 23.0 Å². The predicted molar refractivity (Wildman–Crippen MR) is 98.8 cm³/mol. The summed E-state index contributed by atoms with van der Waals surface area (Å²) in [4.78, 5) is 29.4. The Morgan fingerprint density at radius 2 is 2.15 bits per heavy atom. The highest BCUT2D eigenvalue weighted by molar-refractivity contribution is 5.88. The summed E-state index contributed by atoms with van der Waals surface area (Å²) in [6.45, 7) is 8.03. The van der Waals surface area contributed by atoms with Crippen molar-refractivity contribution in [3.63, 3.8) is 0 Å².